The molecule has 1 heterocycles. The van der Waals surface area contributed by atoms with E-state index >= 15 is 0 Å². The quantitative estimate of drug-likeness (QED) is 0.745. The summed E-state index contributed by atoms with van der Waals surface area (Å²) >= 11 is 0. The molecule has 2 rings (SSSR count). The number of benzene rings is 1. The summed E-state index contributed by atoms with van der Waals surface area (Å²) in [5, 5.41) is 7.73. The van der Waals surface area contributed by atoms with Crippen LogP contribution in [0, 0.1) is 5.92 Å². The van der Waals surface area contributed by atoms with Crippen molar-refractivity contribution in [1.29, 1.82) is 0 Å². The maximum Gasteiger partial charge on any atom is 0.243 e. The highest BCUT2D eigenvalue weighted by atomic mass is 16.5. The highest BCUT2D eigenvalue weighted by molar-refractivity contribution is 5.14. The van der Waals surface area contributed by atoms with E-state index in [4.69, 9.17) is 4.52 Å². The Morgan fingerprint density at radius 1 is 1.08 bits per heavy atom. The minimum atomic E-state index is 0.0394. The molecule has 0 unspecified atom stereocenters. The Kier molecular flexibility index (Phi) is 7.14. The lowest BCUT2D eigenvalue weighted by atomic mass is 10.0. The average Bonchev–Trinajstić information content (AvgIpc) is 3.05. The number of hydrogen-bond donors (Lipinski definition) is 1. The van der Waals surface area contributed by atoms with Crippen molar-refractivity contribution >= 4 is 0 Å². The minimum Gasteiger partial charge on any atom is -0.338 e. The zero-order chi connectivity index (χ0) is 18.4. The third kappa shape index (κ3) is 5.94. The first-order chi connectivity index (χ1) is 11.9. The van der Waals surface area contributed by atoms with Crippen LogP contribution in [0.15, 0.2) is 34.9 Å². The fraction of sp³-hybridized carbons (Fsp3) is 0.600. The molecule has 2 atom stereocenters. The van der Waals surface area contributed by atoms with Crippen LogP contribution in [0.3, 0.4) is 0 Å². The van der Waals surface area contributed by atoms with Crippen molar-refractivity contribution in [3.63, 3.8) is 0 Å². The van der Waals surface area contributed by atoms with Gasteiger partial charge in [0.15, 0.2) is 5.82 Å². The van der Waals surface area contributed by atoms with Gasteiger partial charge in [0.25, 0.3) is 0 Å². The number of nitrogens with zero attached hydrogens (tertiary/aromatic N) is 3. The molecule has 5 nitrogen and oxygen atoms in total. The molecule has 5 heteroatoms. The number of aromatic nitrogens is 2. The lowest BCUT2D eigenvalue weighted by molar-refractivity contribution is 0.225. The Bertz CT molecular complexity index is 624. The predicted molar refractivity (Wildman–Crippen MR) is 101 cm³/mol. The summed E-state index contributed by atoms with van der Waals surface area (Å²) in [7, 11) is 2.16. The Morgan fingerprint density at radius 3 is 2.32 bits per heavy atom. The molecule has 0 spiro atoms. The molecule has 2 aromatic rings. The molecule has 1 aromatic heterocycles. The second-order valence-electron chi connectivity index (χ2n) is 7.57. The van der Waals surface area contributed by atoms with Crippen LogP contribution in [-0.4, -0.2) is 34.7 Å². The third-order valence-corrected chi connectivity index (χ3v) is 4.42. The maximum absolute atomic E-state index is 5.43. The number of likely N-dealkylation sites (N-methyl/N-ethyl adjacent to an activating group) is 1. The van der Waals surface area contributed by atoms with Crippen LogP contribution in [0.1, 0.15) is 63.9 Å². The molecule has 0 aliphatic carbocycles. The first-order valence-corrected chi connectivity index (χ1v) is 9.18. The molecule has 0 aliphatic heterocycles. The van der Waals surface area contributed by atoms with Gasteiger partial charge in [0.05, 0.1) is 6.04 Å². The Labute approximate surface area is 151 Å². The SMILES string of the molecule is CC(C)c1noc([C@H](C)N[C@@H](CN(C)Cc2ccccc2)C(C)C)n1. The van der Waals surface area contributed by atoms with E-state index in [1.165, 1.54) is 5.56 Å². The van der Waals surface area contributed by atoms with Gasteiger partial charge in [-0.1, -0.05) is 63.2 Å². The van der Waals surface area contributed by atoms with Gasteiger partial charge in [-0.15, -0.1) is 0 Å². The van der Waals surface area contributed by atoms with Gasteiger partial charge in [-0.2, -0.15) is 4.98 Å². The zero-order valence-electron chi connectivity index (χ0n) is 16.4. The highest BCUT2D eigenvalue weighted by Gasteiger charge is 2.22. The van der Waals surface area contributed by atoms with Crippen molar-refractivity contribution < 1.29 is 4.52 Å². The van der Waals surface area contributed by atoms with Crippen LogP contribution in [0.25, 0.3) is 0 Å². The lowest BCUT2D eigenvalue weighted by Gasteiger charge is -2.29. The highest BCUT2D eigenvalue weighted by Crippen LogP contribution is 2.17. The normalized spacial score (nSPS) is 14.4. The van der Waals surface area contributed by atoms with Crippen molar-refractivity contribution in [2.24, 2.45) is 5.92 Å². The summed E-state index contributed by atoms with van der Waals surface area (Å²) in [6.45, 7) is 12.6. The molecule has 0 saturated heterocycles. The van der Waals surface area contributed by atoms with E-state index in [-0.39, 0.29) is 12.0 Å². The van der Waals surface area contributed by atoms with E-state index in [0.717, 1.165) is 18.9 Å². The molecule has 1 aromatic carbocycles. The zero-order valence-corrected chi connectivity index (χ0v) is 16.4. The van der Waals surface area contributed by atoms with E-state index in [1.807, 2.05) is 0 Å². The molecular formula is C20H32N4O. The van der Waals surface area contributed by atoms with Crippen LogP contribution in [0.4, 0.5) is 0 Å². The van der Waals surface area contributed by atoms with E-state index in [2.05, 4.69) is 92.4 Å². The third-order valence-electron chi connectivity index (χ3n) is 4.42. The minimum absolute atomic E-state index is 0.0394. The molecule has 0 saturated carbocycles. The summed E-state index contributed by atoms with van der Waals surface area (Å²) < 4.78 is 5.43. The fourth-order valence-electron chi connectivity index (χ4n) is 2.80. The Morgan fingerprint density at radius 2 is 1.76 bits per heavy atom. The van der Waals surface area contributed by atoms with Crippen molar-refractivity contribution in [3.05, 3.63) is 47.6 Å². The molecule has 0 fully saturated rings. The second kappa shape index (κ2) is 9.11. The second-order valence-corrected chi connectivity index (χ2v) is 7.57. The van der Waals surface area contributed by atoms with Crippen LogP contribution in [-0.2, 0) is 6.54 Å². The fourth-order valence-corrected chi connectivity index (χ4v) is 2.80. The maximum atomic E-state index is 5.43. The van der Waals surface area contributed by atoms with Gasteiger partial charge in [-0.25, -0.2) is 0 Å². The van der Waals surface area contributed by atoms with E-state index in [9.17, 15) is 0 Å². The van der Waals surface area contributed by atoms with E-state index < -0.39 is 0 Å². The van der Waals surface area contributed by atoms with Crippen molar-refractivity contribution in [2.45, 2.75) is 59.2 Å². The molecular weight excluding hydrogens is 312 g/mol. The molecule has 138 valence electrons. The number of rotatable bonds is 9. The van der Waals surface area contributed by atoms with E-state index in [0.29, 0.717) is 17.9 Å². The van der Waals surface area contributed by atoms with E-state index in [1.54, 1.807) is 0 Å². The molecule has 0 amide bonds. The summed E-state index contributed by atoms with van der Waals surface area (Å²) in [5.41, 5.74) is 1.33. The molecule has 0 aliphatic rings. The Hall–Kier alpha value is -1.72. The van der Waals surface area contributed by atoms with Gasteiger partial charge < -0.3 is 14.7 Å². The number of hydrogen-bond acceptors (Lipinski definition) is 5. The van der Waals surface area contributed by atoms with Gasteiger partial charge in [0.1, 0.15) is 0 Å². The lowest BCUT2D eigenvalue weighted by Crippen LogP contribution is -2.44. The molecule has 0 bridgehead atoms. The monoisotopic (exact) mass is 344 g/mol. The van der Waals surface area contributed by atoms with Crippen molar-refractivity contribution in [3.8, 4) is 0 Å². The first kappa shape index (κ1) is 19.6. The van der Waals surface area contributed by atoms with Gasteiger partial charge in [0.2, 0.25) is 5.89 Å². The summed E-state index contributed by atoms with van der Waals surface area (Å²) in [6.07, 6.45) is 0. The van der Waals surface area contributed by atoms with Crippen molar-refractivity contribution in [2.75, 3.05) is 13.6 Å². The van der Waals surface area contributed by atoms with Gasteiger partial charge in [-0.05, 0) is 25.5 Å². The van der Waals surface area contributed by atoms with Crippen LogP contribution >= 0.6 is 0 Å². The van der Waals surface area contributed by atoms with Crippen LogP contribution in [0.2, 0.25) is 0 Å². The average molecular weight is 345 g/mol. The smallest absolute Gasteiger partial charge is 0.243 e. The van der Waals surface area contributed by atoms with Crippen LogP contribution < -0.4 is 5.32 Å². The van der Waals surface area contributed by atoms with Gasteiger partial charge >= 0.3 is 0 Å². The molecule has 1 N–H and O–H groups in total. The number of nitrogens with one attached hydrogen (secondary N) is 1. The predicted octanol–water partition coefficient (Wildman–Crippen LogP) is 4.00. The summed E-state index contributed by atoms with van der Waals surface area (Å²) in [5.74, 6) is 2.22. The first-order valence-electron chi connectivity index (χ1n) is 9.18. The van der Waals surface area contributed by atoms with Crippen LogP contribution in [0.5, 0.6) is 0 Å². The summed E-state index contributed by atoms with van der Waals surface area (Å²) in [4.78, 5) is 6.87. The van der Waals surface area contributed by atoms with Gasteiger partial charge in [-0.3, -0.25) is 0 Å². The van der Waals surface area contributed by atoms with Gasteiger partial charge in [0, 0.05) is 25.0 Å². The molecule has 0 radical (unpaired) electrons. The summed E-state index contributed by atoms with van der Waals surface area (Å²) in [6, 6.07) is 11.0. The Balaban J connectivity index is 1.95. The largest absolute Gasteiger partial charge is 0.338 e. The standard InChI is InChI=1S/C20H32N4O/c1-14(2)18(13-24(6)12-17-10-8-7-9-11-17)21-16(5)20-22-19(15(3)4)23-25-20/h7-11,14-16,18,21H,12-13H2,1-6H3/t16-,18-/m0/s1. The topological polar surface area (TPSA) is 54.2 Å². The van der Waals surface area contributed by atoms with Crippen molar-refractivity contribution in [1.82, 2.24) is 20.4 Å². The molecule has 25 heavy (non-hydrogen) atoms.